The molecular formula is C16H22N2O. The molecule has 0 aromatic heterocycles. The van der Waals surface area contributed by atoms with Gasteiger partial charge in [0.05, 0.1) is 5.41 Å². The zero-order valence-corrected chi connectivity index (χ0v) is 11.7. The van der Waals surface area contributed by atoms with E-state index in [0.29, 0.717) is 17.9 Å². The highest BCUT2D eigenvalue weighted by Crippen LogP contribution is 2.50. The minimum atomic E-state index is -0.244. The molecule has 1 saturated heterocycles. The van der Waals surface area contributed by atoms with E-state index in [0.717, 1.165) is 37.1 Å². The van der Waals surface area contributed by atoms with E-state index in [1.807, 2.05) is 24.3 Å². The molecule has 1 aromatic rings. The number of rotatable bonds is 2. The zero-order valence-electron chi connectivity index (χ0n) is 11.7. The van der Waals surface area contributed by atoms with E-state index < -0.39 is 0 Å². The lowest BCUT2D eigenvalue weighted by Gasteiger charge is -2.27. The first-order chi connectivity index (χ1) is 9.03. The molecule has 0 spiro atoms. The first-order valence-corrected chi connectivity index (χ1v) is 7.20. The molecule has 1 saturated carbocycles. The van der Waals surface area contributed by atoms with Crippen molar-refractivity contribution in [3.8, 4) is 0 Å². The van der Waals surface area contributed by atoms with Crippen LogP contribution in [-0.4, -0.2) is 23.4 Å². The Morgan fingerprint density at radius 3 is 2.37 bits per heavy atom. The maximum Gasteiger partial charge on any atom is 0.233 e. The molecule has 1 amide bonds. The fraction of sp³-hybridized carbons (Fsp3) is 0.562. The highest BCUT2D eigenvalue weighted by atomic mass is 16.2. The van der Waals surface area contributed by atoms with Gasteiger partial charge in [0.15, 0.2) is 0 Å². The third-order valence-electron chi connectivity index (χ3n) is 4.67. The molecular weight excluding hydrogens is 236 g/mol. The SMILES string of the molecule is CC1CC(C)N(C(=O)C2(c3ccc(N)cc3)CC2)C1. The minimum Gasteiger partial charge on any atom is -0.399 e. The lowest BCUT2D eigenvalue weighted by molar-refractivity contribution is -0.134. The van der Waals surface area contributed by atoms with Crippen LogP contribution in [0.2, 0.25) is 0 Å². The van der Waals surface area contributed by atoms with E-state index >= 15 is 0 Å². The van der Waals surface area contributed by atoms with Gasteiger partial charge in [-0.3, -0.25) is 4.79 Å². The van der Waals surface area contributed by atoms with Crippen molar-refractivity contribution in [2.45, 2.75) is 44.6 Å². The van der Waals surface area contributed by atoms with Crippen molar-refractivity contribution in [1.29, 1.82) is 0 Å². The molecule has 2 atom stereocenters. The number of nitrogens with two attached hydrogens (primary N) is 1. The van der Waals surface area contributed by atoms with E-state index in [4.69, 9.17) is 5.73 Å². The zero-order chi connectivity index (χ0) is 13.6. The normalized spacial score (nSPS) is 28.4. The van der Waals surface area contributed by atoms with Gasteiger partial charge in [-0.15, -0.1) is 0 Å². The van der Waals surface area contributed by atoms with Gasteiger partial charge in [-0.25, -0.2) is 0 Å². The van der Waals surface area contributed by atoms with Gasteiger partial charge in [0, 0.05) is 18.3 Å². The molecule has 1 aliphatic carbocycles. The molecule has 3 rings (SSSR count). The Balaban J connectivity index is 1.85. The Labute approximate surface area is 114 Å². The van der Waals surface area contributed by atoms with Gasteiger partial charge >= 0.3 is 0 Å². The number of nitrogens with zero attached hydrogens (tertiary/aromatic N) is 1. The summed E-state index contributed by atoms with van der Waals surface area (Å²) >= 11 is 0. The van der Waals surface area contributed by atoms with Crippen molar-refractivity contribution in [3.63, 3.8) is 0 Å². The van der Waals surface area contributed by atoms with Crippen LogP contribution in [0.3, 0.4) is 0 Å². The second kappa shape index (κ2) is 4.26. The van der Waals surface area contributed by atoms with Crippen molar-refractivity contribution >= 4 is 11.6 Å². The molecule has 3 nitrogen and oxygen atoms in total. The summed E-state index contributed by atoms with van der Waals surface area (Å²) in [5.41, 5.74) is 7.39. The molecule has 2 N–H and O–H groups in total. The van der Waals surface area contributed by atoms with Crippen LogP contribution in [0.1, 0.15) is 38.7 Å². The number of hydrogen-bond donors (Lipinski definition) is 1. The molecule has 2 aliphatic rings. The van der Waals surface area contributed by atoms with E-state index in [-0.39, 0.29) is 5.41 Å². The van der Waals surface area contributed by atoms with Gasteiger partial charge in [0.2, 0.25) is 5.91 Å². The minimum absolute atomic E-state index is 0.244. The van der Waals surface area contributed by atoms with Gasteiger partial charge in [-0.2, -0.15) is 0 Å². The molecule has 0 radical (unpaired) electrons. The summed E-state index contributed by atoms with van der Waals surface area (Å²) in [7, 11) is 0. The molecule has 2 unspecified atom stereocenters. The third-order valence-corrected chi connectivity index (χ3v) is 4.67. The van der Waals surface area contributed by atoms with Gasteiger partial charge in [-0.05, 0) is 49.8 Å². The third kappa shape index (κ3) is 2.01. The van der Waals surface area contributed by atoms with Crippen LogP contribution < -0.4 is 5.73 Å². The molecule has 1 aromatic carbocycles. The second-order valence-corrected chi connectivity index (χ2v) is 6.35. The summed E-state index contributed by atoms with van der Waals surface area (Å²) in [6.45, 7) is 5.31. The van der Waals surface area contributed by atoms with Gasteiger partial charge in [-0.1, -0.05) is 19.1 Å². The molecule has 3 heteroatoms. The first-order valence-electron chi connectivity index (χ1n) is 7.20. The van der Waals surface area contributed by atoms with Crippen molar-refractivity contribution < 1.29 is 4.79 Å². The van der Waals surface area contributed by atoms with Crippen molar-refractivity contribution in [2.24, 2.45) is 5.92 Å². The highest BCUT2D eigenvalue weighted by molar-refractivity contribution is 5.91. The Morgan fingerprint density at radius 2 is 1.89 bits per heavy atom. The fourth-order valence-corrected chi connectivity index (χ4v) is 3.41. The largest absolute Gasteiger partial charge is 0.399 e. The lowest BCUT2D eigenvalue weighted by Crippen LogP contribution is -2.41. The van der Waals surface area contributed by atoms with E-state index in [9.17, 15) is 4.79 Å². The number of amides is 1. The Morgan fingerprint density at radius 1 is 1.26 bits per heavy atom. The molecule has 19 heavy (non-hydrogen) atoms. The number of carbonyl (C=O) groups excluding carboxylic acids is 1. The average molecular weight is 258 g/mol. The van der Waals surface area contributed by atoms with Crippen LogP contribution in [0, 0.1) is 5.92 Å². The average Bonchev–Trinajstić information content (AvgIpc) is 3.11. The fourth-order valence-electron chi connectivity index (χ4n) is 3.41. The summed E-state index contributed by atoms with van der Waals surface area (Å²) in [5, 5.41) is 0. The predicted octanol–water partition coefficient (Wildman–Crippen LogP) is 2.56. The number of hydrogen-bond acceptors (Lipinski definition) is 2. The second-order valence-electron chi connectivity index (χ2n) is 6.35. The number of anilines is 1. The summed E-state index contributed by atoms with van der Waals surface area (Å²) in [4.78, 5) is 15.0. The molecule has 1 heterocycles. The molecule has 2 fully saturated rings. The number of likely N-dealkylation sites (tertiary alicyclic amines) is 1. The van der Waals surface area contributed by atoms with Gasteiger partial charge in [0.25, 0.3) is 0 Å². The molecule has 102 valence electrons. The van der Waals surface area contributed by atoms with Crippen LogP contribution in [0.15, 0.2) is 24.3 Å². The Hall–Kier alpha value is -1.51. The van der Waals surface area contributed by atoms with Gasteiger partial charge < -0.3 is 10.6 Å². The standard InChI is InChI=1S/C16H22N2O/c1-11-9-12(2)18(10-11)15(19)16(7-8-16)13-3-5-14(17)6-4-13/h3-6,11-12H,7-10,17H2,1-2H3. The van der Waals surface area contributed by atoms with Gasteiger partial charge in [0.1, 0.15) is 0 Å². The van der Waals surface area contributed by atoms with Crippen molar-refractivity contribution in [2.75, 3.05) is 12.3 Å². The van der Waals surface area contributed by atoms with Crippen molar-refractivity contribution in [1.82, 2.24) is 4.90 Å². The van der Waals surface area contributed by atoms with Crippen molar-refractivity contribution in [3.05, 3.63) is 29.8 Å². The monoisotopic (exact) mass is 258 g/mol. The van der Waals surface area contributed by atoms with Crippen LogP contribution in [-0.2, 0) is 10.2 Å². The van der Waals surface area contributed by atoms with E-state index in [2.05, 4.69) is 18.7 Å². The number of benzene rings is 1. The van der Waals surface area contributed by atoms with Crippen LogP contribution in [0.5, 0.6) is 0 Å². The van der Waals surface area contributed by atoms with E-state index in [1.165, 1.54) is 0 Å². The summed E-state index contributed by atoms with van der Waals surface area (Å²) in [5.74, 6) is 0.954. The maximum absolute atomic E-state index is 12.9. The number of nitrogen functional groups attached to an aromatic ring is 1. The maximum atomic E-state index is 12.9. The molecule has 0 bridgehead atoms. The first kappa shape index (κ1) is 12.5. The molecule has 1 aliphatic heterocycles. The lowest BCUT2D eigenvalue weighted by atomic mass is 9.94. The smallest absolute Gasteiger partial charge is 0.233 e. The summed E-state index contributed by atoms with van der Waals surface area (Å²) in [6, 6.07) is 8.22. The summed E-state index contributed by atoms with van der Waals surface area (Å²) < 4.78 is 0. The highest BCUT2D eigenvalue weighted by Gasteiger charge is 2.54. The Kier molecular flexibility index (Phi) is 2.80. The van der Waals surface area contributed by atoms with Crippen LogP contribution in [0.4, 0.5) is 5.69 Å². The quantitative estimate of drug-likeness (QED) is 0.829. The number of carbonyl (C=O) groups is 1. The van der Waals surface area contributed by atoms with E-state index in [1.54, 1.807) is 0 Å². The topological polar surface area (TPSA) is 46.3 Å². The summed E-state index contributed by atoms with van der Waals surface area (Å²) in [6.07, 6.45) is 3.09. The van der Waals surface area contributed by atoms with Crippen LogP contribution in [0.25, 0.3) is 0 Å². The van der Waals surface area contributed by atoms with Crippen LogP contribution >= 0.6 is 0 Å². The Bertz CT molecular complexity index is 490. The predicted molar refractivity (Wildman–Crippen MR) is 76.7 cm³/mol.